The Labute approximate surface area is 138 Å². The molecule has 3 rings (SSSR count). The topological polar surface area (TPSA) is 62.5 Å². The fourth-order valence-electron chi connectivity index (χ4n) is 2.51. The molecule has 0 unspecified atom stereocenters. The van der Waals surface area contributed by atoms with E-state index in [1.54, 1.807) is 24.5 Å². The minimum Gasteiger partial charge on any atom is -0.469 e. The van der Waals surface area contributed by atoms with Gasteiger partial charge in [0.1, 0.15) is 5.76 Å². The predicted octanol–water partition coefficient (Wildman–Crippen LogP) is 3.54. The van der Waals surface area contributed by atoms with E-state index in [0.717, 1.165) is 12.2 Å². The summed E-state index contributed by atoms with van der Waals surface area (Å²) in [5.74, 6) is 0.817. The van der Waals surface area contributed by atoms with Crippen molar-refractivity contribution in [3.63, 3.8) is 0 Å². The molecule has 0 aliphatic heterocycles. The van der Waals surface area contributed by atoms with Crippen molar-refractivity contribution in [3.05, 3.63) is 58.0 Å². The Morgan fingerprint density at radius 3 is 2.91 bits per heavy atom. The Morgan fingerprint density at radius 1 is 1.41 bits per heavy atom. The summed E-state index contributed by atoms with van der Waals surface area (Å²) in [7, 11) is 0. The number of aliphatic hydroxyl groups excluding tert-OH is 1. The third-order valence-electron chi connectivity index (χ3n) is 3.83. The highest BCUT2D eigenvalue weighted by atomic mass is 35.5. The first-order valence-electron chi connectivity index (χ1n) is 7.00. The van der Waals surface area contributed by atoms with Crippen LogP contribution in [0.1, 0.15) is 29.8 Å². The second-order valence-corrected chi connectivity index (χ2v) is 6.23. The van der Waals surface area contributed by atoms with Gasteiger partial charge in [0.2, 0.25) is 5.91 Å². The molecule has 0 saturated heterocycles. The lowest BCUT2D eigenvalue weighted by Gasteiger charge is -2.14. The van der Waals surface area contributed by atoms with Crippen LogP contribution in [0.25, 0.3) is 0 Å². The lowest BCUT2D eigenvalue weighted by molar-refractivity contribution is -0.122. The van der Waals surface area contributed by atoms with Crippen LogP contribution in [0.15, 0.2) is 41.0 Å². The van der Waals surface area contributed by atoms with Crippen molar-refractivity contribution in [1.82, 2.24) is 5.32 Å². The summed E-state index contributed by atoms with van der Waals surface area (Å²) in [6, 6.07) is 8.57. The molecule has 1 aromatic heterocycles. The molecule has 6 heteroatoms. The maximum Gasteiger partial charge on any atom is 0.223 e. The molecule has 4 nitrogen and oxygen atoms in total. The molecule has 22 heavy (non-hydrogen) atoms. The zero-order valence-corrected chi connectivity index (χ0v) is 13.1. The van der Waals surface area contributed by atoms with Crippen molar-refractivity contribution in [2.24, 2.45) is 5.92 Å². The smallest absolute Gasteiger partial charge is 0.223 e. The molecule has 1 aromatic carbocycles. The SMILES string of the molecule is O=C(NC[C@H](O)c1ccc(Cl)cc1Cl)[C@H]1C[C@@H]1c1ccco1. The summed E-state index contributed by atoms with van der Waals surface area (Å²) in [4.78, 5) is 12.1. The Morgan fingerprint density at radius 2 is 2.23 bits per heavy atom. The third-order valence-corrected chi connectivity index (χ3v) is 4.39. The highest BCUT2D eigenvalue weighted by Gasteiger charge is 2.45. The molecule has 1 amide bonds. The second kappa shape index (κ2) is 6.32. The standard InChI is InChI=1S/C16H15Cl2NO3/c17-9-3-4-10(13(18)6-9)14(20)8-19-16(21)12-7-11(12)15-2-1-5-22-15/h1-6,11-12,14,20H,7-8H2,(H,19,21)/t11-,12-,14-/m0/s1. The van der Waals surface area contributed by atoms with Gasteiger partial charge in [-0.25, -0.2) is 0 Å². The van der Waals surface area contributed by atoms with Crippen LogP contribution in [0.2, 0.25) is 10.0 Å². The van der Waals surface area contributed by atoms with E-state index in [1.165, 1.54) is 0 Å². The Kier molecular flexibility index (Phi) is 4.43. The van der Waals surface area contributed by atoms with E-state index >= 15 is 0 Å². The lowest BCUT2D eigenvalue weighted by atomic mass is 10.1. The molecule has 1 fully saturated rings. The molecule has 116 valence electrons. The Hall–Kier alpha value is -1.49. The molecule has 1 aliphatic rings. The molecule has 1 saturated carbocycles. The quantitative estimate of drug-likeness (QED) is 0.875. The van der Waals surface area contributed by atoms with E-state index in [4.69, 9.17) is 27.6 Å². The highest BCUT2D eigenvalue weighted by molar-refractivity contribution is 6.35. The third kappa shape index (κ3) is 3.29. The minimum absolute atomic E-state index is 0.0782. The average Bonchev–Trinajstić information content (AvgIpc) is 3.10. The van der Waals surface area contributed by atoms with Crippen molar-refractivity contribution >= 4 is 29.1 Å². The molecule has 3 atom stereocenters. The van der Waals surface area contributed by atoms with Crippen LogP contribution in [0.3, 0.4) is 0 Å². The Balaban J connectivity index is 1.53. The minimum atomic E-state index is -0.866. The monoisotopic (exact) mass is 339 g/mol. The summed E-state index contributed by atoms with van der Waals surface area (Å²) in [5, 5.41) is 13.8. The van der Waals surface area contributed by atoms with Crippen LogP contribution in [0, 0.1) is 5.92 Å². The number of aliphatic hydroxyl groups is 1. The summed E-state index contributed by atoms with van der Waals surface area (Å²) < 4.78 is 5.30. The lowest BCUT2D eigenvalue weighted by Crippen LogP contribution is -2.30. The summed E-state index contributed by atoms with van der Waals surface area (Å²) in [6.07, 6.45) is 1.51. The van der Waals surface area contributed by atoms with E-state index in [2.05, 4.69) is 5.32 Å². The van der Waals surface area contributed by atoms with Crippen LogP contribution in [0.4, 0.5) is 0 Å². The van der Waals surface area contributed by atoms with Crippen molar-refractivity contribution in [2.45, 2.75) is 18.4 Å². The van der Waals surface area contributed by atoms with Gasteiger partial charge in [0, 0.05) is 34.0 Å². The normalized spacial score (nSPS) is 21.4. The number of halogens is 2. The number of benzene rings is 1. The van der Waals surface area contributed by atoms with Gasteiger partial charge in [0.05, 0.1) is 12.4 Å². The zero-order chi connectivity index (χ0) is 15.7. The number of furan rings is 1. The first-order chi connectivity index (χ1) is 10.6. The number of carbonyl (C=O) groups excluding carboxylic acids is 1. The summed E-state index contributed by atoms with van der Waals surface area (Å²) in [5.41, 5.74) is 0.546. The van der Waals surface area contributed by atoms with E-state index in [0.29, 0.717) is 15.6 Å². The van der Waals surface area contributed by atoms with Gasteiger partial charge in [-0.05, 0) is 30.7 Å². The molecule has 2 aromatic rings. The molecule has 1 aliphatic carbocycles. The van der Waals surface area contributed by atoms with E-state index in [9.17, 15) is 9.90 Å². The van der Waals surface area contributed by atoms with E-state index in [-0.39, 0.29) is 24.3 Å². The van der Waals surface area contributed by atoms with Gasteiger partial charge in [-0.15, -0.1) is 0 Å². The molecule has 1 heterocycles. The molecule has 2 N–H and O–H groups in total. The molecule has 0 bridgehead atoms. The van der Waals surface area contributed by atoms with Crippen molar-refractivity contribution in [1.29, 1.82) is 0 Å². The van der Waals surface area contributed by atoms with Gasteiger partial charge < -0.3 is 14.8 Å². The van der Waals surface area contributed by atoms with Gasteiger partial charge in [-0.2, -0.15) is 0 Å². The first kappa shape index (κ1) is 15.4. The maximum atomic E-state index is 12.1. The van der Waals surface area contributed by atoms with Crippen LogP contribution in [-0.4, -0.2) is 17.6 Å². The van der Waals surface area contributed by atoms with Gasteiger partial charge >= 0.3 is 0 Å². The predicted molar refractivity (Wildman–Crippen MR) is 84.0 cm³/mol. The van der Waals surface area contributed by atoms with Crippen LogP contribution < -0.4 is 5.32 Å². The summed E-state index contributed by atoms with van der Waals surface area (Å²) in [6.45, 7) is 0.113. The van der Waals surface area contributed by atoms with Gasteiger partial charge in [-0.3, -0.25) is 4.79 Å². The highest BCUT2D eigenvalue weighted by Crippen LogP contribution is 2.47. The molecule has 0 spiro atoms. The fourth-order valence-corrected chi connectivity index (χ4v) is 3.05. The zero-order valence-electron chi connectivity index (χ0n) is 11.6. The van der Waals surface area contributed by atoms with Gasteiger partial charge in [-0.1, -0.05) is 29.3 Å². The fraction of sp³-hybridized carbons (Fsp3) is 0.312. The molecular weight excluding hydrogens is 325 g/mol. The second-order valence-electron chi connectivity index (χ2n) is 5.39. The molecule has 0 radical (unpaired) electrons. The molecular formula is C16H15Cl2NO3. The summed E-state index contributed by atoms with van der Waals surface area (Å²) >= 11 is 11.9. The van der Waals surface area contributed by atoms with E-state index in [1.807, 2.05) is 12.1 Å². The number of amides is 1. The van der Waals surface area contributed by atoms with Crippen molar-refractivity contribution < 1.29 is 14.3 Å². The van der Waals surface area contributed by atoms with Crippen LogP contribution in [0.5, 0.6) is 0 Å². The maximum absolute atomic E-state index is 12.1. The Bertz CT molecular complexity index is 672. The number of carbonyl (C=O) groups is 1. The van der Waals surface area contributed by atoms with E-state index < -0.39 is 6.10 Å². The number of nitrogens with one attached hydrogen (secondary N) is 1. The van der Waals surface area contributed by atoms with Gasteiger partial charge in [0.15, 0.2) is 0 Å². The van der Waals surface area contributed by atoms with Crippen molar-refractivity contribution in [2.75, 3.05) is 6.54 Å². The van der Waals surface area contributed by atoms with Gasteiger partial charge in [0.25, 0.3) is 0 Å². The first-order valence-corrected chi connectivity index (χ1v) is 7.76. The number of hydrogen-bond acceptors (Lipinski definition) is 3. The average molecular weight is 340 g/mol. The van der Waals surface area contributed by atoms with Crippen LogP contribution >= 0.6 is 23.2 Å². The van der Waals surface area contributed by atoms with Crippen LogP contribution in [-0.2, 0) is 4.79 Å². The number of hydrogen-bond donors (Lipinski definition) is 2. The largest absolute Gasteiger partial charge is 0.469 e. The number of rotatable bonds is 5. The van der Waals surface area contributed by atoms with Crippen molar-refractivity contribution in [3.8, 4) is 0 Å².